The summed E-state index contributed by atoms with van der Waals surface area (Å²) in [5, 5.41) is 5.46. The van der Waals surface area contributed by atoms with Gasteiger partial charge in [0.05, 0.1) is 13.2 Å². The molecule has 0 bridgehead atoms. The lowest BCUT2D eigenvalue weighted by Gasteiger charge is -2.34. The molecule has 1 aliphatic heterocycles. The van der Waals surface area contributed by atoms with Crippen molar-refractivity contribution in [3.8, 4) is 5.75 Å². The average molecular weight is 306 g/mol. The Morgan fingerprint density at radius 1 is 1.29 bits per heavy atom. The van der Waals surface area contributed by atoms with E-state index in [1.807, 2.05) is 12.1 Å². The summed E-state index contributed by atoms with van der Waals surface area (Å²) >= 11 is 1.74. The zero-order chi connectivity index (χ0) is 14.7. The fourth-order valence-electron chi connectivity index (χ4n) is 2.79. The number of benzene rings is 1. The first-order chi connectivity index (χ1) is 10.3. The van der Waals surface area contributed by atoms with Gasteiger partial charge in [-0.3, -0.25) is 4.90 Å². The van der Waals surface area contributed by atoms with Gasteiger partial charge in [0.15, 0.2) is 11.6 Å². The Balaban J connectivity index is 1.98. The molecule has 1 aromatic carbocycles. The Hall–Kier alpha value is -1.43. The van der Waals surface area contributed by atoms with E-state index in [0.29, 0.717) is 5.75 Å². The maximum Gasteiger partial charge on any atom is 0.165 e. The lowest BCUT2D eigenvalue weighted by Crippen LogP contribution is -2.45. The summed E-state index contributed by atoms with van der Waals surface area (Å²) in [6, 6.07) is 9.56. The summed E-state index contributed by atoms with van der Waals surface area (Å²) in [4.78, 5) is 3.72. The van der Waals surface area contributed by atoms with E-state index in [4.69, 9.17) is 4.74 Å². The number of nitrogens with one attached hydrogen (secondary N) is 1. The smallest absolute Gasteiger partial charge is 0.165 e. The highest BCUT2D eigenvalue weighted by Gasteiger charge is 2.25. The number of halogens is 1. The number of piperazine rings is 1. The normalized spacial score (nSPS) is 17.6. The highest BCUT2D eigenvalue weighted by molar-refractivity contribution is 7.10. The molecule has 1 aromatic heterocycles. The molecule has 0 saturated carbocycles. The van der Waals surface area contributed by atoms with Crippen LogP contribution in [0.1, 0.15) is 16.5 Å². The third-order valence-corrected chi connectivity index (χ3v) is 4.75. The number of rotatable bonds is 4. The zero-order valence-electron chi connectivity index (χ0n) is 12.0. The van der Waals surface area contributed by atoms with Crippen molar-refractivity contribution in [2.24, 2.45) is 0 Å². The van der Waals surface area contributed by atoms with Gasteiger partial charge in [-0.2, -0.15) is 0 Å². The molecule has 1 fully saturated rings. The molecule has 1 aliphatic rings. The van der Waals surface area contributed by atoms with Crippen molar-refractivity contribution < 1.29 is 9.13 Å². The van der Waals surface area contributed by atoms with Crippen LogP contribution in [0.4, 0.5) is 4.39 Å². The first-order valence-corrected chi connectivity index (χ1v) is 7.99. The van der Waals surface area contributed by atoms with Crippen molar-refractivity contribution in [2.75, 3.05) is 33.3 Å². The Labute approximate surface area is 128 Å². The molecule has 5 heteroatoms. The fraction of sp³-hybridized carbons (Fsp3) is 0.375. The topological polar surface area (TPSA) is 24.5 Å². The minimum absolute atomic E-state index is 0.168. The molecule has 1 saturated heterocycles. The van der Waals surface area contributed by atoms with Gasteiger partial charge >= 0.3 is 0 Å². The molecule has 0 radical (unpaired) electrons. The molecule has 21 heavy (non-hydrogen) atoms. The van der Waals surface area contributed by atoms with Gasteiger partial charge < -0.3 is 10.1 Å². The molecular formula is C16H19FN2OS. The molecule has 2 aromatic rings. The van der Waals surface area contributed by atoms with Crippen LogP contribution in [-0.4, -0.2) is 38.2 Å². The Bertz CT molecular complexity index is 582. The van der Waals surface area contributed by atoms with Crippen LogP contribution in [0.15, 0.2) is 35.7 Å². The third-order valence-electron chi connectivity index (χ3n) is 3.82. The second-order valence-electron chi connectivity index (χ2n) is 5.10. The SMILES string of the molecule is COc1cc([C@@H](c2cccs2)N2CCNCC2)ccc1F. The molecule has 112 valence electrons. The first kappa shape index (κ1) is 14.5. The quantitative estimate of drug-likeness (QED) is 0.940. The van der Waals surface area contributed by atoms with Gasteiger partial charge in [0.1, 0.15) is 0 Å². The lowest BCUT2D eigenvalue weighted by atomic mass is 10.0. The monoisotopic (exact) mass is 306 g/mol. The van der Waals surface area contributed by atoms with E-state index in [-0.39, 0.29) is 11.9 Å². The van der Waals surface area contributed by atoms with Crippen molar-refractivity contribution >= 4 is 11.3 Å². The second kappa shape index (κ2) is 6.56. The zero-order valence-corrected chi connectivity index (χ0v) is 12.8. The van der Waals surface area contributed by atoms with Gasteiger partial charge in [0, 0.05) is 31.1 Å². The van der Waals surface area contributed by atoms with Crippen LogP contribution in [0.25, 0.3) is 0 Å². The Morgan fingerprint density at radius 3 is 2.76 bits per heavy atom. The van der Waals surface area contributed by atoms with Gasteiger partial charge in [-0.1, -0.05) is 12.1 Å². The molecule has 0 unspecified atom stereocenters. The van der Waals surface area contributed by atoms with Crippen LogP contribution >= 0.6 is 11.3 Å². The van der Waals surface area contributed by atoms with Gasteiger partial charge in [-0.25, -0.2) is 4.39 Å². The maximum absolute atomic E-state index is 13.7. The van der Waals surface area contributed by atoms with Gasteiger partial charge in [0.25, 0.3) is 0 Å². The highest BCUT2D eigenvalue weighted by atomic mass is 32.1. The molecule has 0 aliphatic carbocycles. The average Bonchev–Trinajstić information content (AvgIpc) is 3.04. The van der Waals surface area contributed by atoms with E-state index in [1.165, 1.54) is 18.1 Å². The number of thiophene rings is 1. The van der Waals surface area contributed by atoms with Crippen LogP contribution in [0.5, 0.6) is 5.75 Å². The maximum atomic E-state index is 13.7. The molecule has 3 rings (SSSR count). The Kier molecular flexibility index (Phi) is 4.53. The summed E-state index contributed by atoms with van der Waals surface area (Å²) < 4.78 is 18.8. The van der Waals surface area contributed by atoms with Gasteiger partial charge in [-0.15, -0.1) is 11.3 Å². The first-order valence-electron chi connectivity index (χ1n) is 7.11. The predicted octanol–water partition coefficient (Wildman–Crippen LogP) is 2.89. The molecule has 2 heterocycles. The van der Waals surface area contributed by atoms with Crippen molar-refractivity contribution in [3.63, 3.8) is 0 Å². The molecule has 3 nitrogen and oxygen atoms in total. The highest BCUT2D eigenvalue weighted by Crippen LogP contribution is 2.34. The second-order valence-corrected chi connectivity index (χ2v) is 6.08. The largest absolute Gasteiger partial charge is 0.494 e. The summed E-state index contributed by atoms with van der Waals surface area (Å²) in [5.74, 6) is -0.00400. The number of hydrogen-bond acceptors (Lipinski definition) is 4. The molecule has 0 spiro atoms. The van der Waals surface area contributed by atoms with E-state index in [2.05, 4.69) is 27.7 Å². The molecule has 0 amide bonds. The predicted molar refractivity (Wildman–Crippen MR) is 83.6 cm³/mol. The molecular weight excluding hydrogens is 287 g/mol. The lowest BCUT2D eigenvalue weighted by molar-refractivity contribution is 0.200. The van der Waals surface area contributed by atoms with Crippen molar-refractivity contribution in [1.82, 2.24) is 10.2 Å². The van der Waals surface area contributed by atoms with Gasteiger partial charge in [0.2, 0.25) is 0 Å². The number of nitrogens with zero attached hydrogens (tertiary/aromatic N) is 1. The summed E-state index contributed by atoms with van der Waals surface area (Å²) in [6.45, 7) is 3.95. The fourth-order valence-corrected chi connectivity index (χ4v) is 3.67. The molecule has 1 atom stereocenters. The standard InChI is InChI=1S/C16H19FN2OS/c1-20-14-11-12(4-5-13(14)17)16(15-3-2-10-21-15)19-8-6-18-7-9-19/h2-5,10-11,16,18H,6-9H2,1H3/t16-/m0/s1. The summed E-state index contributed by atoms with van der Waals surface area (Å²) in [7, 11) is 1.51. The van der Waals surface area contributed by atoms with Gasteiger partial charge in [-0.05, 0) is 29.1 Å². The molecule has 1 N–H and O–H groups in total. The van der Waals surface area contributed by atoms with Crippen molar-refractivity contribution in [2.45, 2.75) is 6.04 Å². The van der Waals surface area contributed by atoms with Crippen LogP contribution < -0.4 is 10.1 Å². The number of methoxy groups -OCH3 is 1. The van der Waals surface area contributed by atoms with Crippen LogP contribution in [0, 0.1) is 5.82 Å². The summed E-state index contributed by atoms with van der Waals surface area (Å²) in [6.07, 6.45) is 0. The minimum Gasteiger partial charge on any atom is -0.494 e. The van der Waals surface area contributed by atoms with E-state index in [9.17, 15) is 4.39 Å². The minimum atomic E-state index is -0.313. The van der Waals surface area contributed by atoms with Crippen molar-refractivity contribution in [1.29, 1.82) is 0 Å². The number of ether oxygens (including phenoxy) is 1. The van der Waals surface area contributed by atoms with Crippen LogP contribution in [0.2, 0.25) is 0 Å². The summed E-state index contributed by atoms with van der Waals surface area (Å²) in [5.41, 5.74) is 1.08. The third kappa shape index (κ3) is 3.10. The van der Waals surface area contributed by atoms with E-state index in [0.717, 1.165) is 31.7 Å². The van der Waals surface area contributed by atoms with Crippen LogP contribution in [-0.2, 0) is 0 Å². The Morgan fingerprint density at radius 2 is 2.10 bits per heavy atom. The number of hydrogen-bond donors (Lipinski definition) is 1. The van der Waals surface area contributed by atoms with E-state index >= 15 is 0 Å². The van der Waals surface area contributed by atoms with Crippen molar-refractivity contribution in [3.05, 3.63) is 52.0 Å². The van der Waals surface area contributed by atoms with E-state index < -0.39 is 0 Å². The van der Waals surface area contributed by atoms with E-state index in [1.54, 1.807) is 11.3 Å². The van der Waals surface area contributed by atoms with Crippen LogP contribution in [0.3, 0.4) is 0 Å².